The molecule has 178 valence electrons. The monoisotopic (exact) mass is 475 g/mol. The van der Waals surface area contributed by atoms with Crippen LogP contribution in [0.25, 0.3) is 0 Å². The Morgan fingerprint density at radius 1 is 0.939 bits per heavy atom. The van der Waals surface area contributed by atoms with Crippen LogP contribution in [-0.4, -0.2) is 77.8 Å². The number of nitrogens with zero attached hydrogens (tertiary/aromatic N) is 2. The summed E-state index contributed by atoms with van der Waals surface area (Å²) >= 11 is 0. The molecule has 2 aromatic rings. The van der Waals surface area contributed by atoms with Gasteiger partial charge in [-0.05, 0) is 23.8 Å². The van der Waals surface area contributed by atoms with Gasteiger partial charge in [0, 0.05) is 26.2 Å². The van der Waals surface area contributed by atoms with Gasteiger partial charge < -0.3 is 24.4 Å². The van der Waals surface area contributed by atoms with Crippen molar-refractivity contribution in [1.82, 2.24) is 4.31 Å². The van der Waals surface area contributed by atoms with E-state index in [9.17, 15) is 13.2 Å². The summed E-state index contributed by atoms with van der Waals surface area (Å²) in [5.41, 5.74) is 2.17. The fraction of sp³-hybridized carbons (Fsp3) is 0.435. The molecule has 2 heterocycles. The SMILES string of the molecule is O=C(COCc1ccccc1)Nc1cc(S(=O)(=O)N2CCOCC2)ccc1N1CCOCC1. The van der Waals surface area contributed by atoms with Gasteiger partial charge in [-0.3, -0.25) is 4.79 Å². The molecule has 0 aliphatic carbocycles. The van der Waals surface area contributed by atoms with Crippen molar-refractivity contribution < 1.29 is 27.4 Å². The van der Waals surface area contributed by atoms with Gasteiger partial charge in [0.05, 0.1) is 49.3 Å². The summed E-state index contributed by atoms with van der Waals surface area (Å²) in [5, 5.41) is 2.86. The highest BCUT2D eigenvalue weighted by Crippen LogP contribution is 2.31. The second-order valence-electron chi connectivity index (χ2n) is 7.82. The Labute approximate surface area is 194 Å². The molecule has 2 saturated heterocycles. The Bertz CT molecular complexity index is 1040. The second kappa shape index (κ2) is 11.1. The minimum absolute atomic E-state index is 0.141. The summed E-state index contributed by atoms with van der Waals surface area (Å²) in [6.07, 6.45) is 0. The van der Waals surface area contributed by atoms with E-state index in [4.69, 9.17) is 14.2 Å². The van der Waals surface area contributed by atoms with E-state index in [1.807, 2.05) is 30.3 Å². The van der Waals surface area contributed by atoms with Crippen LogP contribution < -0.4 is 10.2 Å². The lowest BCUT2D eigenvalue weighted by molar-refractivity contribution is -0.121. The van der Waals surface area contributed by atoms with Gasteiger partial charge in [-0.15, -0.1) is 0 Å². The Kier molecular flexibility index (Phi) is 7.94. The largest absolute Gasteiger partial charge is 0.379 e. The lowest BCUT2D eigenvalue weighted by Gasteiger charge is -2.31. The molecule has 33 heavy (non-hydrogen) atoms. The zero-order valence-corrected chi connectivity index (χ0v) is 19.3. The molecular weight excluding hydrogens is 446 g/mol. The molecule has 1 amide bonds. The van der Waals surface area contributed by atoms with Crippen LogP contribution in [0.2, 0.25) is 0 Å². The number of hydrogen-bond acceptors (Lipinski definition) is 7. The maximum absolute atomic E-state index is 13.1. The number of hydrogen-bond donors (Lipinski definition) is 1. The summed E-state index contributed by atoms with van der Waals surface area (Å²) in [6, 6.07) is 14.5. The number of rotatable bonds is 8. The van der Waals surface area contributed by atoms with Gasteiger partial charge in [0.2, 0.25) is 15.9 Å². The molecule has 1 N–H and O–H groups in total. The molecule has 10 heteroatoms. The van der Waals surface area contributed by atoms with Gasteiger partial charge in [-0.2, -0.15) is 4.31 Å². The molecule has 2 aliphatic heterocycles. The van der Waals surface area contributed by atoms with Crippen LogP contribution in [0.4, 0.5) is 11.4 Å². The number of sulfonamides is 1. The van der Waals surface area contributed by atoms with Crippen LogP contribution >= 0.6 is 0 Å². The molecule has 4 rings (SSSR count). The highest BCUT2D eigenvalue weighted by molar-refractivity contribution is 7.89. The molecule has 0 radical (unpaired) electrons. The number of amides is 1. The van der Waals surface area contributed by atoms with Crippen molar-refractivity contribution in [3.05, 3.63) is 54.1 Å². The fourth-order valence-corrected chi connectivity index (χ4v) is 5.25. The van der Waals surface area contributed by atoms with E-state index >= 15 is 0 Å². The van der Waals surface area contributed by atoms with Crippen LogP contribution in [0.15, 0.2) is 53.4 Å². The molecule has 0 atom stereocenters. The number of carbonyl (C=O) groups is 1. The van der Waals surface area contributed by atoms with Gasteiger partial charge in [-0.25, -0.2) is 8.42 Å². The van der Waals surface area contributed by atoms with Gasteiger partial charge in [-0.1, -0.05) is 30.3 Å². The Balaban J connectivity index is 1.51. The topological polar surface area (TPSA) is 97.4 Å². The molecule has 2 aliphatic rings. The van der Waals surface area contributed by atoms with E-state index in [-0.39, 0.29) is 17.4 Å². The number of nitrogens with one attached hydrogen (secondary N) is 1. The third-order valence-corrected chi connectivity index (χ3v) is 7.44. The van der Waals surface area contributed by atoms with Crippen molar-refractivity contribution >= 4 is 27.3 Å². The average molecular weight is 476 g/mol. The molecule has 2 fully saturated rings. The standard InChI is InChI=1S/C23H29N3O6S/c27-23(18-32-17-19-4-2-1-3-5-19)24-21-16-20(33(28,29)26-10-14-31-15-11-26)6-7-22(21)25-8-12-30-13-9-25/h1-7,16H,8-15,17-18H2,(H,24,27). The molecule has 0 unspecified atom stereocenters. The van der Waals surface area contributed by atoms with E-state index in [1.165, 1.54) is 10.4 Å². The predicted octanol–water partition coefficient (Wildman–Crippen LogP) is 1.70. The first-order chi connectivity index (χ1) is 16.0. The van der Waals surface area contributed by atoms with Gasteiger partial charge in [0.1, 0.15) is 6.61 Å². The molecule has 0 saturated carbocycles. The van der Waals surface area contributed by atoms with Crippen LogP contribution in [-0.2, 0) is 35.6 Å². The normalized spacial score (nSPS) is 17.6. The zero-order valence-electron chi connectivity index (χ0n) is 18.4. The maximum atomic E-state index is 13.1. The third-order valence-electron chi connectivity index (χ3n) is 5.55. The Morgan fingerprint density at radius 2 is 1.61 bits per heavy atom. The third kappa shape index (κ3) is 6.10. The molecule has 0 spiro atoms. The minimum Gasteiger partial charge on any atom is -0.379 e. The lowest BCUT2D eigenvalue weighted by Crippen LogP contribution is -2.40. The van der Waals surface area contributed by atoms with Crippen molar-refractivity contribution in [2.24, 2.45) is 0 Å². The maximum Gasteiger partial charge on any atom is 0.250 e. The van der Waals surface area contributed by atoms with E-state index in [0.717, 1.165) is 11.3 Å². The van der Waals surface area contributed by atoms with Gasteiger partial charge >= 0.3 is 0 Å². The summed E-state index contributed by atoms with van der Waals surface area (Å²) < 4.78 is 44.0. The highest BCUT2D eigenvalue weighted by Gasteiger charge is 2.28. The number of ether oxygens (including phenoxy) is 3. The number of anilines is 2. The van der Waals surface area contributed by atoms with Crippen LogP contribution in [0.3, 0.4) is 0 Å². The molecule has 9 nitrogen and oxygen atoms in total. The van der Waals surface area contributed by atoms with Gasteiger partial charge in [0.25, 0.3) is 0 Å². The predicted molar refractivity (Wildman–Crippen MR) is 124 cm³/mol. The number of benzene rings is 2. The number of carbonyl (C=O) groups excluding carboxylic acids is 1. The number of morpholine rings is 2. The lowest BCUT2D eigenvalue weighted by atomic mass is 10.2. The Hall–Kier alpha value is -2.50. The minimum atomic E-state index is -3.69. The highest BCUT2D eigenvalue weighted by atomic mass is 32.2. The van der Waals surface area contributed by atoms with E-state index < -0.39 is 10.0 Å². The quantitative estimate of drug-likeness (QED) is 0.621. The van der Waals surface area contributed by atoms with Crippen molar-refractivity contribution in [3.8, 4) is 0 Å². The van der Waals surface area contributed by atoms with Crippen LogP contribution in [0.5, 0.6) is 0 Å². The van der Waals surface area contributed by atoms with Crippen molar-refractivity contribution in [2.45, 2.75) is 11.5 Å². The zero-order chi connectivity index (χ0) is 23.1. The first-order valence-corrected chi connectivity index (χ1v) is 12.4. The van der Waals surface area contributed by atoms with E-state index in [0.29, 0.717) is 64.9 Å². The molecule has 0 bridgehead atoms. The molecule has 2 aromatic carbocycles. The Morgan fingerprint density at radius 3 is 2.30 bits per heavy atom. The van der Waals surface area contributed by atoms with Gasteiger partial charge in [0.15, 0.2) is 0 Å². The first-order valence-electron chi connectivity index (χ1n) is 11.0. The molecule has 0 aromatic heterocycles. The van der Waals surface area contributed by atoms with Crippen molar-refractivity contribution in [1.29, 1.82) is 0 Å². The first kappa shape index (κ1) is 23.7. The average Bonchev–Trinajstić information content (AvgIpc) is 2.86. The summed E-state index contributed by atoms with van der Waals surface area (Å²) in [4.78, 5) is 14.9. The summed E-state index contributed by atoms with van der Waals surface area (Å²) in [6.45, 7) is 3.98. The van der Waals surface area contributed by atoms with Crippen molar-refractivity contribution in [2.75, 3.05) is 69.4 Å². The van der Waals surface area contributed by atoms with E-state index in [1.54, 1.807) is 12.1 Å². The second-order valence-corrected chi connectivity index (χ2v) is 9.76. The summed E-state index contributed by atoms with van der Waals surface area (Å²) in [7, 11) is -3.69. The van der Waals surface area contributed by atoms with Crippen LogP contribution in [0.1, 0.15) is 5.56 Å². The molecular formula is C23H29N3O6S. The smallest absolute Gasteiger partial charge is 0.250 e. The van der Waals surface area contributed by atoms with E-state index in [2.05, 4.69) is 10.2 Å². The fourth-order valence-electron chi connectivity index (χ4n) is 3.81. The summed E-state index contributed by atoms with van der Waals surface area (Å²) in [5.74, 6) is -0.346. The van der Waals surface area contributed by atoms with Crippen LogP contribution in [0, 0.1) is 0 Å². The van der Waals surface area contributed by atoms with Crippen molar-refractivity contribution in [3.63, 3.8) is 0 Å².